The summed E-state index contributed by atoms with van der Waals surface area (Å²) in [6, 6.07) is -0.0920. The third-order valence-electron chi connectivity index (χ3n) is 2.13. The Morgan fingerprint density at radius 3 is 2.92 bits per heavy atom. The fourth-order valence-electron chi connectivity index (χ4n) is 1.38. The van der Waals surface area contributed by atoms with Gasteiger partial charge in [-0.15, -0.1) is 0 Å². The molecule has 13 heavy (non-hydrogen) atoms. The van der Waals surface area contributed by atoms with Crippen molar-refractivity contribution in [3.8, 4) is 0 Å². The minimum Gasteiger partial charge on any atom is -0.462 e. The summed E-state index contributed by atoms with van der Waals surface area (Å²) in [6.45, 7) is 1.75. The van der Waals surface area contributed by atoms with Crippen LogP contribution in [0.2, 0.25) is 0 Å². The van der Waals surface area contributed by atoms with E-state index in [1.807, 2.05) is 0 Å². The third kappa shape index (κ3) is 3.74. The first kappa shape index (κ1) is 10.5. The summed E-state index contributed by atoms with van der Waals surface area (Å²) >= 11 is 0. The van der Waals surface area contributed by atoms with Crippen molar-refractivity contribution >= 4 is 5.97 Å². The Morgan fingerprint density at radius 1 is 1.46 bits per heavy atom. The maximum Gasteiger partial charge on any atom is 0.323 e. The van der Waals surface area contributed by atoms with Crippen molar-refractivity contribution in [2.24, 2.45) is 0 Å². The van der Waals surface area contributed by atoms with E-state index in [1.54, 1.807) is 7.11 Å². The number of methoxy groups -OCH3 is 1. The van der Waals surface area contributed by atoms with E-state index >= 15 is 0 Å². The molecule has 0 aromatic heterocycles. The number of hydrogen-bond donors (Lipinski definition) is 1. The van der Waals surface area contributed by atoms with Crippen molar-refractivity contribution in [1.82, 2.24) is 5.32 Å². The maximum absolute atomic E-state index is 11.3. The molecule has 0 saturated carbocycles. The number of hydrogen-bond acceptors (Lipinski definition) is 4. The van der Waals surface area contributed by atoms with E-state index in [0.29, 0.717) is 13.2 Å². The second kappa shape index (κ2) is 5.94. The van der Waals surface area contributed by atoms with Gasteiger partial charge in [0.25, 0.3) is 0 Å². The molecule has 1 rings (SSSR count). The highest BCUT2D eigenvalue weighted by atomic mass is 16.6. The third-order valence-corrected chi connectivity index (χ3v) is 2.13. The van der Waals surface area contributed by atoms with Crippen LogP contribution in [0.1, 0.15) is 19.3 Å². The maximum atomic E-state index is 11.3. The Bertz CT molecular complexity index is 155. The van der Waals surface area contributed by atoms with Gasteiger partial charge in [0.05, 0.1) is 6.61 Å². The van der Waals surface area contributed by atoms with Crippen molar-refractivity contribution in [2.75, 3.05) is 26.9 Å². The number of esters is 1. The van der Waals surface area contributed by atoms with Gasteiger partial charge in [-0.25, -0.2) is 0 Å². The summed E-state index contributed by atoms with van der Waals surface area (Å²) in [4.78, 5) is 11.3. The van der Waals surface area contributed by atoms with Crippen molar-refractivity contribution in [3.05, 3.63) is 0 Å². The molecule has 1 heterocycles. The van der Waals surface area contributed by atoms with Crippen LogP contribution in [0.3, 0.4) is 0 Å². The summed E-state index contributed by atoms with van der Waals surface area (Å²) < 4.78 is 9.78. The minimum absolute atomic E-state index is 0.0920. The van der Waals surface area contributed by atoms with Crippen LogP contribution >= 0.6 is 0 Å². The molecule has 0 amide bonds. The van der Waals surface area contributed by atoms with Crippen molar-refractivity contribution in [1.29, 1.82) is 0 Å². The van der Waals surface area contributed by atoms with Crippen molar-refractivity contribution in [3.63, 3.8) is 0 Å². The highest BCUT2D eigenvalue weighted by Crippen LogP contribution is 2.07. The predicted octanol–water partition coefficient (Wildman–Crippen LogP) is 0.318. The average Bonchev–Trinajstić information content (AvgIpc) is 2.19. The lowest BCUT2D eigenvalue weighted by atomic mass is 10.1. The zero-order valence-corrected chi connectivity index (χ0v) is 8.04. The molecule has 1 aliphatic rings. The number of piperidine rings is 1. The number of carbonyl (C=O) groups is 1. The van der Waals surface area contributed by atoms with Crippen molar-refractivity contribution < 1.29 is 14.3 Å². The summed E-state index contributed by atoms with van der Waals surface area (Å²) in [5, 5.41) is 3.13. The average molecular weight is 187 g/mol. The van der Waals surface area contributed by atoms with Crippen LogP contribution < -0.4 is 5.32 Å². The van der Waals surface area contributed by atoms with Crippen LogP contribution in [-0.2, 0) is 14.3 Å². The van der Waals surface area contributed by atoms with Gasteiger partial charge < -0.3 is 14.8 Å². The normalized spacial score (nSPS) is 22.7. The molecule has 0 aromatic carbocycles. The highest BCUT2D eigenvalue weighted by Gasteiger charge is 2.21. The van der Waals surface area contributed by atoms with Crippen LogP contribution in [-0.4, -0.2) is 38.9 Å². The lowest BCUT2D eigenvalue weighted by Gasteiger charge is -2.21. The van der Waals surface area contributed by atoms with Crippen LogP contribution in [0.15, 0.2) is 0 Å². The summed E-state index contributed by atoms with van der Waals surface area (Å²) in [5.41, 5.74) is 0. The van der Waals surface area contributed by atoms with Gasteiger partial charge in [0.15, 0.2) is 0 Å². The van der Waals surface area contributed by atoms with Gasteiger partial charge in [0.1, 0.15) is 12.6 Å². The zero-order valence-electron chi connectivity index (χ0n) is 8.04. The van der Waals surface area contributed by atoms with Crippen molar-refractivity contribution in [2.45, 2.75) is 25.3 Å². The van der Waals surface area contributed by atoms with E-state index in [1.165, 1.54) is 0 Å². The minimum atomic E-state index is -0.142. The first-order chi connectivity index (χ1) is 6.34. The Morgan fingerprint density at radius 2 is 2.31 bits per heavy atom. The molecule has 4 heteroatoms. The Balaban J connectivity index is 2.13. The van der Waals surface area contributed by atoms with Gasteiger partial charge in [-0.3, -0.25) is 4.79 Å². The highest BCUT2D eigenvalue weighted by molar-refractivity contribution is 5.75. The van der Waals surface area contributed by atoms with E-state index in [-0.39, 0.29) is 12.0 Å². The lowest BCUT2D eigenvalue weighted by molar-refractivity contribution is -0.148. The molecular weight excluding hydrogens is 170 g/mol. The SMILES string of the molecule is COCCOC(=O)[C@H]1CCCCN1. The molecular formula is C9H17NO3. The molecule has 1 N–H and O–H groups in total. The molecule has 76 valence electrons. The van der Waals surface area contributed by atoms with E-state index in [9.17, 15) is 4.79 Å². The van der Waals surface area contributed by atoms with Gasteiger partial charge in [-0.1, -0.05) is 6.42 Å². The Hall–Kier alpha value is -0.610. The van der Waals surface area contributed by atoms with Crippen LogP contribution in [0, 0.1) is 0 Å². The molecule has 0 radical (unpaired) electrons. The molecule has 0 aromatic rings. The van der Waals surface area contributed by atoms with Crippen LogP contribution in [0.25, 0.3) is 0 Å². The first-order valence-electron chi connectivity index (χ1n) is 4.73. The summed E-state index contributed by atoms with van der Waals surface area (Å²) in [5.74, 6) is -0.142. The molecule has 4 nitrogen and oxygen atoms in total. The smallest absolute Gasteiger partial charge is 0.323 e. The van der Waals surface area contributed by atoms with Gasteiger partial charge in [0.2, 0.25) is 0 Å². The first-order valence-corrected chi connectivity index (χ1v) is 4.73. The van der Waals surface area contributed by atoms with Gasteiger partial charge >= 0.3 is 5.97 Å². The molecule has 0 aliphatic carbocycles. The Labute approximate surface area is 78.6 Å². The molecule has 0 bridgehead atoms. The fraction of sp³-hybridized carbons (Fsp3) is 0.889. The molecule has 1 saturated heterocycles. The number of rotatable bonds is 4. The number of ether oxygens (including phenoxy) is 2. The predicted molar refractivity (Wildman–Crippen MR) is 48.5 cm³/mol. The van der Waals surface area contributed by atoms with E-state index in [4.69, 9.17) is 9.47 Å². The number of carbonyl (C=O) groups excluding carboxylic acids is 1. The molecule has 0 unspecified atom stereocenters. The zero-order chi connectivity index (χ0) is 9.52. The molecule has 1 aliphatic heterocycles. The second-order valence-electron chi connectivity index (χ2n) is 3.16. The molecule has 1 fully saturated rings. The monoisotopic (exact) mass is 187 g/mol. The lowest BCUT2D eigenvalue weighted by Crippen LogP contribution is -2.41. The van der Waals surface area contributed by atoms with E-state index in [2.05, 4.69) is 5.32 Å². The van der Waals surface area contributed by atoms with Crippen LogP contribution in [0.4, 0.5) is 0 Å². The van der Waals surface area contributed by atoms with Gasteiger partial charge in [-0.05, 0) is 19.4 Å². The van der Waals surface area contributed by atoms with Gasteiger partial charge in [-0.2, -0.15) is 0 Å². The van der Waals surface area contributed by atoms with E-state index < -0.39 is 0 Å². The quantitative estimate of drug-likeness (QED) is 0.508. The largest absolute Gasteiger partial charge is 0.462 e. The van der Waals surface area contributed by atoms with Gasteiger partial charge in [0, 0.05) is 7.11 Å². The number of nitrogens with one attached hydrogen (secondary N) is 1. The van der Waals surface area contributed by atoms with Crippen LogP contribution in [0.5, 0.6) is 0 Å². The standard InChI is InChI=1S/C9H17NO3/c1-12-6-7-13-9(11)8-4-2-3-5-10-8/h8,10H,2-7H2,1H3/t8-/m1/s1. The Kier molecular flexibility index (Phi) is 4.78. The molecule has 0 spiro atoms. The summed E-state index contributed by atoms with van der Waals surface area (Å²) in [7, 11) is 1.59. The van der Waals surface area contributed by atoms with E-state index in [0.717, 1.165) is 25.8 Å². The molecule has 1 atom stereocenters. The topological polar surface area (TPSA) is 47.6 Å². The second-order valence-corrected chi connectivity index (χ2v) is 3.16. The summed E-state index contributed by atoms with van der Waals surface area (Å²) in [6.07, 6.45) is 3.16. The fourth-order valence-corrected chi connectivity index (χ4v) is 1.38.